The third-order valence-electron chi connectivity index (χ3n) is 0. The van der Waals surface area contributed by atoms with Gasteiger partial charge >= 0.3 is 0 Å². The molecule has 0 fully saturated rings. The van der Waals surface area contributed by atoms with Gasteiger partial charge in [-0.1, -0.05) is 13.8 Å². The summed E-state index contributed by atoms with van der Waals surface area (Å²) < 4.78 is 0. The zero-order valence-corrected chi connectivity index (χ0v) is 8.00. The van der Waals surface area contributed by atoms with Gasteiger partial charge in [0.25, 0.3) is 0 Å². The van der Waals surface area contributed by atoms with Crippen LogP contribution in [-0.4, -0.2) is 19.5 Å². The van der Waals surface area contributed by atoms with Crippen molar-refractivity contribution in [3.63, 3.8) is 0 Å². The number of rotatable bonds is 0. The van der Waals surface area contributed by atoms with Crippen LogP contribution in [-0.2, 0) is 0 Å². The second-order valence-electron chi connectivity index (χ2n) is 0. The van der Waals surface area contributed by atoms with E-state index < -0.39 is 0 Å². The van der Waals surface area contributed by atoms with E-state index in [1.807, 2.05) is 13.8 Å². The lowest BCUT2D eigenvalue weighted by Crippen LogP contribution is -1.38. The Hall–Kier alpha value is 0.434. The van der Waals surface area contributed by atoms with Crippen molar-refractivity contribution in [1.29, 1.82) is 0 Å². The molecule has 0 atom stereocenters. The molecule has 0 aromatic heterocycles. The molecule has 0 rings (SSSR count). The molecule has 0 unspecified atom stereocenters. The van der Waals surface area contributed by atoms with Crippen molar-refractivity contribution in [3.8, 4) is 0 Å². The van der Waals surface area contributed by atoms with Gasteiger partial charge in [0.1, 0.15) is 0 Å². The molecule has 0 saturated carbocycles. The fraction of sp³-hybridized carbons (Fsp3) is 1.00. The van der Waals surface area contributed by atoms with Gasteiger partial charge in [0.15, 0.2) is 0 Å². The molecule has 0 N–H and O–H groups in total. The minimum Gasteiger partial charge on any atom is -0.0683 e. The summed E-state index contributed by atoms with van der Waals surface area (Å²) in [6, 6.07) is 0. The Labute approximate surface area is 34.2 Å². The van der Waals surface area contributed by atoms with Crippen molar-refractivity contribution in [1.82, 2.24) is 0 Å². The van der Waals surface area contributed by atoms with Gasteiger partial charge in [0, 0.05) is 0 Å². The Morgan fingerprint density at radius 3 is 1.00 bits per heavy atom. The van der Waals surface area contributed by atoms with Crippen molar-refractivity contribution in [2.24, 2.45) is 0 Å². The van der Waals surface area contributed by atoms with Gasteiger partial charge < -0.3 is 0 Å². The summed E-state index contributed by atoms with van der Waals surface area (Å²) in [4.78, 5) is 0. The Bertz CT molecular complexity index is 4.00. The molecule has 0 amide bonds. The summed E-state index contributed by atoms with van der Waals surface area (Å²) in [6.45, 7) is 4.00. The van der Waals surface area contributed by atoms with Crippen LogP contribution >= 0.6 is 0 Å². The first-order valence-corrected chi connectivity index (χ1v) is 10.0. The first-order chi connectivity index (χ1) is 2.00. The Balaban J connectivity index is 0. The van der Waals surface area contributed by atoms with Gasteiger partial charge in [-0.2, -0.15) is 0 Å². The van der Waals surface area contributed by atoms with Crippen molar-refractivity contribution in [2.45, 2.75) is 13.8 Å². The third-order valence-corrected chi connectivity index (χ3v) is 0. The number of hydrogen-bond acceptors (Lipinski definition) is 0. The normalized spacial score (nSPS) is 4.50. The summed E-state index contributed by atoms with van der Waals surface area (Å²) in [5, 5.41) is 0. The molecule has 2 heteroatoms. The van der Waals surface area contributed by atoms with Crippen LogP contribution in [0, 0.1) is 0 Å². The van der Waals surface area contributed by atoms with Crippen molar-refractivity contribution < 1.29 is 0 Å². The van der Waals surface area contributed by atoms with E-state index in [4.69, 9.17) is 0 Å². The van der Waals surface area contributed by atoms with Crippen molar-refractivity contribution in [3.05, 3.63) is 0 Å². The van der Waals surface area contributed by atoms with E-state index in [1.165, 1.54) is 19.5 Å². The highest BCUT2D eigenvalue weighted by molar-refractivity contribution is 6.75. The molecule has 0 aromatic rings. The van der Waals surface area contributed by atoms with E-state index in [2.05, 4.69) is 0 Å². The monoisotopic (exact) mass is 92.0 g/mol. The van der Waals surface area contributed by atoms with E-state index >= 15 is 0 Å². The van der Waals surface area contributed by atoms with E-state index in [0.29, 0.717) is 0 Å². The third kappa shape index (κ3) is 26.6. The van der Waals surface area contributed by atoms with Crippen LogP contribution in [0.2, 0.25) is 0 Å². The standard InChI is InChI=1S/C2H6.H6Si2/c2*1-2/h2*1-2H3. The molecular formula is C2H12Si2. The predicted octanol–water partition coefficient (Wildman–Crippen LogP) is -1.34. The minimum atomic E-state index is 1.44. The molecular weight excluding hydrogens is 80.2 g/mol. The van der Waals surface area contributed by atoms with Crippen molar-refractivity contribution in [2.75, 3.05) is 0 Å². The van der Waals surface area contributed by atoms with Gasteiger partial charge in [-0.3, -0.25) is 0 Å². The highest BCUT2D eigenvalue weighted by atomic mass is 29.1. The second-order valence-corrected chi connectivity index (χ2v) is 0. The first kappa shape index (κ1) is 8.83. The van der Waals surface area contributed by atoms with Crippen LogP contribution in [0.1, 0.15) is 13.8 Å². The van der Waals surface area contributed by atoms with Gasteiger partial charge in [-0.05, 0) is 19.5 Å². The van der Waals surface area contributed by atoms with Crippen LogP contribution in [0.15, 0.2) is 0 Å². The fourth-order valence-electron chi connectivity index (χ4n) is 0. The zero-order valence-electron chi connectivity index (χ0n) is 4.00. The summed E-state index contributed by atoms with van der Waals surface area (Å²) >= 11 is 0. The fourth-order valence-corrected chi connectivity index (χ4v) is 0. The largest absolute Gasteiger partial charge is 0.0683 e. The topological polar surface area (TPSA) is 0 Å². The average molecular weight is 92.3 g/mol. The Morgan fingerprint density at radius 1 is 1.00 bits per heavy atom. The van der Waals surface area contributed by atoms with Crippen LogP contribution < -0.4 is 0 Å². The van der Waals surface area contributed by atoms with Gasteiger partial charge in [-0.15, -0.1) is 0 Å². The molecule has 4 heavy (non-hydrogen) atoms. The lowest BCUT2D eigenvalue weighted by molar-refractivity contribution is 1.50. The summed E-state index contributed by atoms with van der Waals surface area (Å²) in [6.07, 6.45) is 0. The van der Waals surface area contributed by atoms with E-state index in [-0.39, 0.29) is 0 Å². The van der Waals surface area contributed by atoms with Crippen molar-refractivity contribution >= 4 is 19.5 Å². The molecule has 0 radical (unpaired) electrons. The lowest BCUT2D eigenvalue weighted by Gasteiger charge is -1.07. The van der Waals surface area contributed by atoms with E-state index in [1.54, 1.807) is 0 Å². The summed E-state index contributed by atoms with van der Waals surface area (Å²) in [7, 11) is 2.89. The quantitative estimate of drug-likeness (QED) is 0.324. The molecule has 0 aromatic carbocycles. The summed E-state index contributed by atoms with van der Waals surface area (Å²) in [5.74, 6) is 0. The molecule has 0 nitrogen and oxygen atoms in total. The van der Waals surface area contributed by atoms with Crippen LogP contribution in [0.3, 0.4) is 0 Å². The van der Waals surface area contributed by atoms with E-state index in [0.717, 1.165) is 0 Å². The first-order valence-electron chi connectivity index (χ1n) is 2.00. The molecule has 28 valence electrons. The minimum absolute atomic E-state index is 1.44. The van der Waals surface area contributed by atoms with Gasteiger partial charge in [0.2, 0.25) is 0 Å². The highest BCUT2D eigenvalue weighted by Crippen LogP contribution is 1.14. The van der Waals surface area contributed by atoms with Crippen LogP contribution in [0.5, 0.6) is 0 Å². The maximum atomic E-state index is 2.00. The zero-order chi connectivity index (χ0) is 4.00. The van der Waals surface area contributed by atoms with Crippen LogP contribution in [0.25, 0.3) is 0 Å². The molecule has 0 saturated heterocycles. The highest BCUT2D eigenvalue weighted by Gasteiger charge is 0.988. The van der Waals surface area contributed by atoms with Gasteiger partial charge in [-0.25, -0.2) is 0 Å². The summed E-state index contributed by atoms with van der Waals surface area (Å²) in [5.41, 5.74) is 0. The second kappa shape index (κ2) is 108. The molecule has 0 spiro atoms. The average Bonchev–Trinajstić information content (AvgIpc) is 1.50. The molecule has 0 bridgehead atoms. The Kier molecular flexibility index (Phi) is 239. The number of hydrogen-bond donors (Lipinski definition) is 0. The smallest absolute Gasteiger partial charge is 0.0125 e. The molecule has 0 aliphatic heterocycles. The molecule has 0 aliphatic carbocycles. The molecule has 0 aliphatic rings. The van der Waals surface area contributed by atoms with Crippen LogP contribution in [0.4, 0.5) is 0 Å². The van der Waals surface area contributed by atoms with Gasteiger partial charge in [0.05, 0.1) is 0 Å². The maximum absolute atomic E-state index is 2.00. The molecule has 0 heterocycles. The van der Waals surface area contributed by atoms with E-state index in [9.17, 15) is 0 Å². The maximum Gasteiger partial charge on any atom is -0.0125 e. The Morgan fingerprint density at radius 2 is 1.00 bits per heavy atom. The SMILES string of the molecule is CC.[SiH3][SiH3]. The lowest BCUT2D eigenvalue weighted by atomic mass is 11.0. The predicted molar refractivity (Wildman–Crippen MR) is 31.2 cm³/mol.